The number of benzene rings is 1. The first-order valence-electron chi connectivity index (χ1n) is 5.97. The zero-order valence-corrected chi connectivity index (χ0v) is 11.9. The monoisotopic (exact) mass is 302 g/mol. The second-order valence-corrected chi connectivity index (χ2v) is 6.43. The van der Waals surface area contributed by atoms with Crippen LogP contribution in [0.3, 0.4) is 0 Å². The molecule has 0 aliphatic heterocycles. The van der Waals surface area contributed by atoms with Crippen LogP contribution in [0, 0.1) is 5.82 Å². The number of ether oxygens (including phenoxy) is 1. The van der Waals surface area contributed by atoms with Crippen LogP contribution in [0.1, 0.15) is 12.8 Å². The largest absolute Gasteiger partial charge is 0.453 e. The van der Waals surface area contributed by atoms with Crippen LogP contribution < -0.4 is 9.62 Å². The molecule has 1 aromatic carbocycles. The molecule has 0 radical (unpaired) electrons. The number of carbonyl (C=O) groups is 1. The van der Waals surface area contributed by atoms with Crippen molar-refractivity contribution < 1.29 is 22.3 Å². The number of hydrogen-bond donors (Lipinski definition) is 1. The molecular weight excluding hydrogens is 287 g/mol. The van der Waals surface area contributed by atoms with E-state index in [-0.39, 0.29) is 17.4 Å². The van der Waals surface area contributed by atoms with E-state index in [2.05, 4.69) is 10.1 Å². The summed E-state index contributed by atoms with van der Waals surface area (Å²) in [5.74, 6) is -0.579. The Bertz CT molecular complexity index is 628. The summed E-state index contributed by atoms with van der Waals surface area (Å²) in [7, 11) is -2.34. The van der Waals surface area contributed by atoms with Crippen LogP contribution in [0.25, 0.3) is 0 Å². The smallest absolute Gasteiger partial charge is 0.411 e. The fourth-order valence-electron chi connectivity index (χ4n) is 1.92. The van der Waals surface area contributed by atoms with E-state index in [1.165, 1.54) is 17.5 Å². The molecule has 0 heterocycles. The third kappa shape index (κ3) is 3.19. The van der Waals surface area contributed by atoms with E-state index < -0.39 is 21.9 Å². The summed E-state index contributed by atoms with van der Waals surface area (Å²) in [6.07, 6.45) is 1.77. The molecule has 0 aromatic heterocycles. The van der Waals surface area contributed by atoms with E-state index >= 15 is 0 Å². The summed E-state index contributed by atoms with van der Waals surface area (Å²) < 4.78 is 42.8. The number of rotatable bonds is 4. The minimum Gasteiger partial charge on any atom is -0.453 e. The highest BCUT2D eigenvalue weighted by atomic mass is 32.2. The lowest BCUT2D eigenvalue weighted by molar-refractivity contribution is 0.187. The molecule has 110 valence electrons. The predicted molar refractivity (Wildman–Crippen MR) is 72.8 cm³/mol. The maximum absolute atomic E-state index is 13.3. The lowest BCUT2D eigenvalue weighted by Crippen LogP contribution is -2.33. The van der Waals surface area contributed by atoms with Gasteiger partial charge in [-0.2, -0.15) is 0 Å². The first-order valence-corrected chi connectivity index (χ1v) is 7.81. The zero-order chi connectivity index (χ0) is 14.9. The summed E-state index contributed by atoms with van der Waals surface area (Å²) in [5, 5.41) is 2.33. The number of halogens is 1. The first-order chi connectivity index (χ1) is 9.32. The van der Waals surface area contributed by atoms with Crippen molar-refractivity contribution in [2.24, 2.45) is 0 Å². The molecular formula is C12H15FN2O4S. The summed E-state index contributed by atoms with van der Waals surface area (Å²) in [6.45, 7) is 0. The standard InChI is InChI=1S/C12H15FN2O4S/c1-19-12(16)14-10-7-8(13)3-6-11(10)15(9-4-5-9)20(2,17)18/h3,6-7,9H,4-5H2,1-2H3,(H,14,16). The molecule has 8 heteroatoms. The van der Waals surface area contributed by atoms with Crippen molar-refractivity contribution >= 4 is 27.5 Å². The molecule has 1 aliphatic rings. The summed E-state index contributed by atoms with van der Waals surface area (Å²) >= 11 is 0. The van der Waals surface area contributed by atoms with Gasteiger partial charge in [0.1, 0.15) is 5.82 Å². The number of nitrogens with one attached hydrogen (secondary N) is 1. The van der Waals surface area contributed by atoms with Crippen LogP contribution in [-0.2, 0) is 14.8 Å². The quantitative estimate of drug-likeness (QED) is 0.922. The van der Waals surface area contributed by atoms with Crippen LogP contribution in [0.2, 0.25) is 0 Å². The second kappa shape index (κ2) is 5.28. The molecule has 1 saturated carbocycles. The summed E-state index contributed by atoms with van der Waals surface area (Å²) in [6, 6.07) is 3.40. The van der Waals surface area contributed by atoms with Crippen molar-refractivity contribution in [3.63, 3.8) is 0 Å². The molecule has 6 nitrogen and oxygen atoms in total. The number of sulfonamides is 1. The average molecular weight is 302 g/mol. The van der Waals surface area contributed by atoms with E-state index in [0.717, 1.165) is 31.2 Å². The van der Waals surface area contributed by atoms with Gasteiger partial charge >= 0.3 is 6.09 Å². The lowest BCUT2D eigenvalue weighted by Gasteiger charge is -2.24. The Kier molecular flexibility index (Phi) is 3.85. The number of amides is 1. The van der Waals surface area contributed by atoms with Crippen molar-refractivity contribution in [3.05, 3.63) is 24.0 Å². The summed E-state index contributed by atoms with van der Waals surface area (Å²) in [4.78, 5) is 11.3. The van der Waals surface area contributed by atoms with Gasteiger partial charge in [0.05, 0.1) is 24.7 Å². The Hall–Kier alpha value is -1.83. The third-order valence-electron chi connectivity index (χ3n) is 2.85. The lowest BCUT2D eigenvalue weighted by atomic mass is 10.2. The number of methoxy groups -OCH3 is 1. The Labute approximate surface area is 116 Å². The fraction of sp³-hybridized carbons (Fsp3) is 0.417. The van der Waals surface area contributed by atoms with E-state index in [1.807, 2.05) is 0 Å². The summed E-state index contributed by atoms with van der Waals surface area (Å²) in [5.41, 5.74) is 0.302. The van der Waals surface area contributed by atoms with Gasteiger partial charge in [0.2, 0.25) is 10.0 Å². The zero-order valence-electron chi connectivity index (χ0n) is 11.1. The van der Waals surface area contributed by atoms with E-state index in [9.17, 15) is 17.6 Å². The first kappa shape index (κ1) is 14.6. The molecule has 2 rings (SSSR count). The van der Waals surface area contributed by atoms with Crippen molar-refractivity contribution in [1.82, 2.24) is 0 Å². The van der Waals surface area contributed by atoms with Gasteiger partial charge in [0.15, 0.2) is 0 Å². The number of hydrogen-bond acceptors (Lipinski definition) is 4. The normalized spacial score (nSPS) is 14.8. The van der Waals surface area contributed by atoms with Gasteiger partial charge in [0, 0.05) is 6.04 Å². The minimum absolute atomic E-state index is 0.0641. The molecule has 1 aliphatic carbocycles. The Morgan fingerprint density at radius 2 is 2.10 bits per heavy atom. The van der Waals surface area contributed by atoms with Crippen molar-refractivity contribution in [2.75, 3.05) is 23.0 Å². The Balaban J connectivity index is 2.46. The highest BCUT2D eigenvalue weighted by molar-refractivity contribution is 7.92. The minimum atomic E-state index is -3.51. The molecule has 20 heavy (non-hydrogen) atoms. The van der Waals surface area contributed by atoms with Crippen LogP contribution in [0.4, 0.5) is 20.6 Å². The SMILES string of the molecule is COC(=O)Nc1cc(F)ccc1N(C1CC1)S(C)(=O)=O. The molecule has 0 atom stereocenters. The van der Waals surface area contributed by atoms with Crippen LogP contribution >= 0.6 is 0 Å². The highest BCUT2D eigenvalue weighted by Gasteiger charge is 2.36. The van der Waals surface area contributed by atoms with E-state index in [0.29, 0.717) is 0 Å². The molecule has 1 aromatic rings. The van der Waals surface area contributed by atoms with Crippen LogP contribution in [0.15, 0.2) is 18.2 Å². The van der Waals surface area contributed by atoms with Gasteiger partial charge in [-0.05, 0) is 31.0 Å². The Morgan fingerprint density at radius 3 is 2.60 bits per heavy atom. The average Bonchev–Trinajstić information content (AvgIpc) is 3.15. The van der Waals surface area contributed by atoms with E-state index in [4.69, 9.17) is 0 Å². The molecule has 0 bridgehead atoms. The predicted octanol–water partition coefficient (Wildman–Crippen LogP) is 1.93. The van der Waals surface area contributed by atoms with E-state index in [1.54, 1.807) is 0 Å². The molecule has 1 amide bonds. The molecule has 1 fully saturated rings. The van der Waals surface area contributed by atoms with Gasteiger partial charge in [-0.15, -0.1) is 0 Å². The van der Waals surface area contributed by atoms with Crippen molar-refractivity contribution in [2.45, 2.75) is 18.9 Å². The molecule has 0 spiro atoms. The second-order valence-electron chi connectivity index (χ2n) is 4.57. The Morgan fingerprint density at radius 1 is 1.45 bits per heavy atom. The van der Waals surface area contributed by atoms with Gasteiger partial charge in [0.25, 0.3) is 0 Å². The number of carbonyl (C=O) groups excluding carboxylic acids is 1. The van der Waals surface area contributed by atoms with Crippen molar-refractivity contribution in [3.8, 4) is 0 Å². The molecule has 0 unspecified atom stereocenters. The van der Waals surface area contributed by atoms with Crippen molar-refractivity contribution in [1.29, 1.82) is 0 Å². The highest BCUT2D eigenvalue weighted by Crippen LogP contribution is 2.38. The van der Waals surface area contributed by atoms with Gasteiger partial charge in [-0.1, -0.05) is 0 Å². The number of nitrogens with zero attached hydrogens (tertiary/aromatic N) is 1. The maximum atomic E-state index is 13.3. The fourth-order valence-corrected chi connectivity index (χ4v) is 3.19. The maximum Gasteiger partial charge on any atom is 0.411 e. The molecule has 1 N–H and O–H groups in total. The van der Waals surface area contributed by atoms with Crippen LogP contribution in [0.5, 0.6) is 0 Å². The van der Waals surface area contributed by atoms with Gasteiger partial charge < -0.3 is 4.74 Å². The van der Waals surface area contributed by atoms with Crippen LogP contribution in [-0.4, -0.2) is 33.9 Å². The molecule has 0 saturated heterocycles. The topological polar surface area (TPSA) is 75.7 Å². The third-order valence-corrected chi connectivity index (χ3v) is 4.06. The van der Waals surface area contributed by atoms with Gasteiger partial charge in [-0.3, -0.25) is 9.62 Å². The number of anilines is 2. The van der Waals surface area contributed by atoms with Gasteiger partial charge in [-0.25, -0.2) is 17.6 Å².